The number of nitrogens with zero attached hydrogens (tertiary/aromatic N) is 4. The van der Waals surface area contributed by atoms with E-state index in [2.05, 4.69) is 20.3 Å². The molecule has 1 aromatic carbocycles. The molecule has 7 heteroatoms. The summed E-state index contributed by atoms with van der Waals surface area (Å²) in [4.78, 5) is 25.2. The number of aromatic nitrogens is 4. The predicted molar refractivity (Wildman–Crippen MR) is 98.4 cm³/mol. The molecular formula is C20H16FN5O. The van der Waals surface area contributed by atoms with Crippen LogP contribution in [0.4, 0.5) is 4.39 Å². The van der Waals surface area contributed by atoms with E-state index in [0.717, 1.165) is 11.1 Å². The smallest absolute Gasteiger partial charge is 0.253 e. The highest BCUT2D eigenvalue weighted by Crippen LogP contribution is 2.16. The number of hydrogen-bond acceptors (Lipinski definition) is 4. The molecule has 0 fully saturated rings. The van der Waals surface area contributed by atoms with Gasteiger partial charge < -0.3 is 9.88 Å². The lowest BCUT2D eigenvalue weighted by molar-refractivity contribution is 0.0949. The predicted octanol–water partition coefficient (Wildman–Crippen LogP) is 2.94. The van der Waals surface area contributed by atoms with Crippen molar-refractivity contribution in [3.63, 3.8) is 0 Å². The number of benzene rings is 1. The van der Waals surface area contributed by atoms with Gasteiger partial charge in [0.25, 0.3) is 5.91 Å². The van der Waals surface area contributed by atoms with Crippen LogP contribution in [-0.4, -0.2) is 25.4 Å². The van der Waals surface area contributed by atoms with Crippen LogP contribution in [0.1, 0.15) is 21.7 Å². The fourth-order valence-corrected chi connectivity index (χ4v) is 2.84. The van der Waals surface area contributed by atoms with Gasteiger partial charge in [-0.25, -0.2) is 14.4 Å². The molecule has 0 aliphatic rings. The molecule has 0 aliphatic carbocycles. The number of fused-ring (bicyclic) bond motifs is 1. The van der Waals surface area contributed by atoms with Crippen LogP contribution in [0.15, 0.2) is 67.1 Å². The van der Waals surface area contributed by atoms with Crippen molar-refractivity contribution in [2.45, 2.75) is 13.1 Å². The zero-order valence-corrected chi connectivity index (χ0v) is 14.3. The number of carbonyl (C=O) groups excluding carboxylic acids is 1. The van der Waals surface area contributed by atoms with Crippen LogP contribution in [-0.2, 0) is 13.1 Å². The van der Waals surface area contributed by atoms with Crippen molar-refractivity contribution < 1.29 is 9.18 Å². The molecule has 0 radical (unpaired) electrons. The Morgan fingerprint density at radius 3 is 2.67 bits per heavy atom. The Morgan fingerprint density at radius 2 is 1.89 bits per heavy atom. The van der Waals surface area contributed by atoms with Crippen molar-refractivity contribution in [3.8, 4) is 0 Å². The lowest BCUT2D eigenvalue weighted by Crippen LogP contribution is -2.25. The maximum Gasteiger partial charge on any atom is 0.253 e. The molecule has 0 unspecified atom stereocenters. The summed E-state index contributed by atoms with van der Waals surface area (Å²) in [5.41, 5.74) is 2.86. The lowest BCUT2D eigenvalue weighted by atomic mass is 10.2. The van der Waals surface area contributed by atoms with Crippen molar-refractivity contribution in [1.82, 2.24) is 24.8 Å². The summed E-state index contributed by atoms with van der Waals surface area (Å²) in [6, 6.07) is 13.4. The van der Waals surface area contributed by atoms with Gasteiger partial charge in [0.15, 0.2) is 5.65 Å². The van der Waals surface area contributed by atoms with Gasteiger partial charge in [-0.15, -0.1) is 0 Å². The van der Waals surface area contributed by atoms with E-state index in [1.54, 1.807) is 36.7 Å². The second-order valence-corrected chi connectivity index (χ2v) is 6.01. The Hall–Kier alpha value is -3.61. The molecule has 3 heterocycles. The highest BCUT2D eigenvalue weighted by molar-refractivity contribution is 5.93. The highest BCUT2D eigenvalue weighted by atomic mass is 19.1. The van der Waals surface area contributed by atoms with Crippen molar-refractivity contribution in [2.24, 2.45) is 0 Å². The van der Waals surface area contributed by atoms with E-state index in [-0.39, 0.29) is 18.3 Å². The molecule has 3 aromatic heterocycles. The maximum absolute atomic E-state index is 13.2. The van der Waals surface area contributed by atoms with Crippen molar-refractivity contribution >= 4 is 17.1 Å². The zero-order chi connectivity index (χ0) is 18.6. The third-order valence-electron chi connectivity index (χ3n) is 4.17. The van der Waals surface area contributed by atoms with Gasteiger partial charge in [-0.3, -0.25) is 9.78 Å². The number of nitrogens with one attached hydrogen (secondary N) is 1. The van der Waals surface area contributed by atoms with E-state index in [9.17, 15) is 9.18 Å². The number of amides is 1. The van der Waals surface area contributed by atoms with Gasteiger partial charge in [0.05, 0.1) is 18.7 Å². The third-order valence-corrected chi connectivity index (χ3v) is 4.17. The van der Waals surface area contributed by atoms with Gasteiger partial charge in [0, 0.05) is 18.6 Å². The van der Waals surface area contributed by atoms with Crippen molar-refractivity contribution in [3.05, 3.63) is 89.9 Å². The summed E-state index contributed by atoms with van der Waals surface area (Å²) >= 11 is 0. The Kier molecular flexibility index (Phi) is 4.57. The molecule has 27 heavy (non-hydrogen) atoms. The highest BCUT2D eigenvalue weighted by Gasteiger charge is 2.14. The standard InChI is InChI=1S/C20H16FN5O/c21-16-7-5-14(6-8-16)13-26-18(25-17-4-2-10-23-19(17)26)12-24-20(27)15-3-1-9-22-11-15/h1-11H,12-13H2,(H,24,27). The van der Waals surface area contributed by atoms with Crippen LogP contribution >= 0.6 is 0 Å². The van der Waals surface area contributed by atoms with Crippen LogP contribution in [0.3, 0.4) is 0 Å². The fourth-order valence-electron chi connectivity index (χ4n) is 2.84. The van der Waals surface area contributed by atoms with Gasteiger partial charge >= 0.3 is 0 Å². The minimum absolute atomic E-state index is 0.226. The van der Waals surface area contributed by atoms with E-state index in [0.29, 0.717) is 23.6 Å². The summed E-state index contributed by atoms with van der Waals surface area (Å²) in [7, 11) is 0. The Morgan fingerprint density at radius 1 is 1.07 bits per heavy atom. The van der Waals surface area contributed by atoms with Gasteiger partial charge in [0.2, 0.25) is 0 Å². The Labute approximate surface area is 154 Å². The molecule has 134 valence electrons. The first kappa shape index (κ1) is 16.8. The Bertz CT molecular complexity index is 1080. The van der Waals surface area contributed by atoms with Gasteiger partial charge in [0.1, 0.15) is 17.2 Å². The molecule has 0 aliphatic heterocycles. The van der Waals surface area contributed by atoms with Crippen LogP contribution < -0.4 is 5.32 Å². The minimum atomic E-state index is -0.281. The molecular weight excluding hydrogens is 345 g/mol. The summed E-state index contributed by atoms with van der Waals surface area (Å²) in [5, 5.41) is 2.86. The minimum Gasteiger partial charge on any atom is -0.345 e. The lowest BCUT2D eigenvalue weighted by Gasteiger charge is -2.10. The van der Waals surface area contributed by atoms with E-state index >= 15 is 0 Å². The van der Waals surface area contributed by atoms with E-state index in [1.807, 2.05) is 16.7 Å². The maximum atomic E-state index is 13.2. The summed E-state index contributed by atoms with van der Waals surface area (Å²) < 4.78 is 15.1. The molecule has 1 N–H and O–H groups in total. The molecule has 0 spiro atoms. The van der Waals surface area contributed by atoms with Crippen molar-refractivity contribution in [2.75, 3.05) is 0 Å². The first-order valence-electron chi connectivity index (χ1n) is 8.43. The normalized spacial score (nSPS) is 10.9. The Balaban J connectivity index is 1.61. The number of halogens is 1. The summed E-state index contributed by atoms with van der Waals surface area (Å²) in [5.74, 6) is 0.165. The first-order chi connectivity index (χ1) is 13.2. The topological polar surface area (TPSA) is 72.7 Å². The largest absolute Gasteiger partial charge is 0.345 e. The van der Waals surface area contributed by atoms with E-state index < -0.39 is 0 Å². The molecule has 0 saturated carbocycles. The zero-order valence-electron chi connectivity index (χ0n) is 14.3. The monoisotopic (exact) mass is 361 g/mol. The van der Waals surface area contributed by atoms with Crippen molar-refractivity contribution in [1.29, 1.82) is 0 Å². The molecule has 0 bridgehead atoms. The second-order valence-electron chi connectivity index (χ2n) is 6.01. The summed E-state index contributed by atoms with van der Waals surface area (Å²) in [6.07, 6.45) is 4.83. The van der Waals surface area contributed by atoms with E-state index in [1.165, 1.54) is 18.3 Å². The molecule has 4 rings (SSSR count). The average Bonchev–Trinajstić information content (AvgIpc) is 3.06. The first-order valence-corrected chi connectivity index (χ1v) is 8.43. The number of imidazole rings is 1. The van der Waals surface area contributed by atoms with E-state index in [4.69, 9.17) is 0 Å². The number of pyridine rings is 2. The molecule has 1 amide bonds. The SMILES string of the molecule is O=C(NCc1nc2cccnc2n1Cc1ccc(F)cc1)c1cccnc1. The molecule has 0 atom stereocenters. The van der Waals surface area contributed by atoms with Crippen LogP contribution in [0.2, 0.25) is 0 Å². The van der Waals surface area contributed by atoms with Crippen LogP contribution in [0.5, 0.6) is 0 Å². The summed E-state index contributed by atoms with van der Waals surface area (Å²) in [6.45, 7) is 0.719. The van der Waals surface area contributed by atoms with Gasteiger partial charge in [-0.2, -0.15) is 0 Å². The third kappa shape index (κ3) is 3.67. The molecule has 0 saturated heterocycles. The van der Waals surface area contributed by atoms with Crippen LogP contribution in [0.25, 0.3) is 11.2 Å². The average molecular weight is 361 g/mol. The quantitative estimate of drug-likeness (QED) is 0.593. The fraction of sp³-hybridized carbons (Fsp3) is 0.100. The van der Waals surface area contributed by atoms with Crippen LogP contribution in [0, 0.1) is 5.82 Å². The molecule has 6 nitrogen and oxygen atoms in total. The van der Waals surface area contributed by atoms with Gasteiger partial charge in [-0.1, -0.05) is 12.1 Å². The number of rotatable bonds is 5. The van der Waals surface area contributed by atoms with Gasteiger partial charge in [-0.05, 0) is 42.0 Å². The molecule has 4 aromatic rings. The number of carbonyl (C=O) groups is 1. The number of hydrogen-bond donors (Lipinski definition) is 1. The second kappa shape index (κ2) is 7.33.